The molecule has 1 unspecified atom stereocenters. The molecule has 0 aliphatic rings. The van der Waals surface area contributed by atoms with Crippen LogP contribution in [0.3, 0.4) is 0 Å². The van der Waals surface area contributed by atoms with E-state index in [0.29, 0.717) is 0 Å². The molecule has 0 aromatic carbocycles. The van der Waals surface area contributed by atoms with Gasteiger partial charge in [0.1, 0.15) is 0 Å². The standard InChI is InChI=1S/AsH3.Ga.3HI/h1H3;;3*1H/q;+3;;;/p-3. The summed E-state index contributed by atoms with van der Waals surface area (Å²) in [6.07, 6.45) is 0. The Kier molecular flexibility index (Phi) is 16.6. The molecule has 32 valence electrons. The first kappa shape index (κ1) is 11.2. The number of hydrogen-bond donors (Lipinski definition) is 0. The van der Waals surface area contributed by atoms with E-state index in [1.54, 1.807) is 0 Å². The number of rotatable bonds is 0. The Bertz CT molecular complexity index is 11.6. The van der Waals surface area contributed by atoms with Crippen LogP contribution in [0.4, 0.5) is 0 Å². The van der Waals surface area contributed by atoms with Crippen molar-refractivity contribution in [2.45, 2.75) is 0 Å². The summed E-state index contributed by atoms with van der Waals surface area (Å²) in [5, 5.41) is 0. The van der Waals surface area contributed by atoms with Crippen LogP contribution in [0.1, 0.15) is 0 Å². The fraction of sp³-hybridized carbons (Fsp3) is 0. The predicted molar refractivity (Wildman–Crippen MR) is 57.8 cm³/mol. The van der Waals surface area contributed by atoms with Crippen LogP contribution in [-0.2, 0) is 0 Å². The van der Waals surface area contributed by atoms with E-state index in [1.807, 2.05) is 0 Å². The van der Waals surface area contributed by atoms with Crippen molar-refractivity contribution in [3.8, 4) is 0 Å². The molecule has 0 aromatic heterocycles. The molecule has 0 spiro atoms. The van der Waals surface area contributed by atoms with E-state index < -0.39 is 5.58 Å². The summed E-state index contributed by atoms with van der Waals surface area (Å²) in [6, 6.07) is 0. The normalized spacial score (nSPS) is 5.40. The van der Waals surface area contributed by atoms with Gasteiger partial charge in [-0.25, -0.2) is 0 Å². The van der Waals surface area contributed by atoms with Gasteiger partial charge in [0.05, 0.1) is 0 Å². The van der Waals surface area contributed by atoms with Crippen LogP contribution in [0.5, 0.6) is 0 Å². The Hall–Kier alpha value is 3.38. The molecule has 0 bridgehead atoms. The average molecular weight is 528 g/mol. The summed E-state index contributed by atoms with van der Waals surface area (Å²) in [5.74, 6) is 0. The minimum absolute atomic E-state index is 0. The van der Waals surface area contributed by atoms with Gasteiger partial charge in [-0.05, 0) is 0 Å². The second-order valence-electron chi connectivity index (χ2n) is 0.247. The molecule has 1 atom stereocenters. The van der Waals surface area contributed by atoms with Crippen molar-refractivity contribution in [2.75, 3.05) is 0 Å². The van der Waals surface area contributed by atoms with Crippen LogP contribution in [-0.4, -0.2) is 23.5 Å². The molecule has 0 nitrogen and oxygen atoms in total. The molecular weight excluding hydrogens is 525 g/mol. The maximum absolute atomic E-state index is 2.50. The Morgan fingerprint density at radius 3 is 1.00 bits per heavy atom. The van der Waals surface area contributed by atoms with E-state index in [9.17, 15) is 0 Å². The van der Waals surface area contributed by atoms with Gasteiger partial charge in [0.15, 0.2) is 0 Å². The molecule has 0 saturated heterocycles. The van der Waals surface area contributed by atoms with Crippen LogP contribution < -0.4 is 0 Å². The Balaban J connectivity index is 0. The van der Waals surface area contributed by atoms with Gasteiger partial charge in [-0.3, -0.25) is 0 Å². The molecule has 0 saturated carbocycles. The van der Waals surface area contributed by atoms with Gasteiger partial charge in [-0.15, -0.1) is 0 Å². The molecule has 0 radical (unpaired) electrons. The molecule has 0 rings (SSSR count). The molecular formula is H3AsGaI3. The summed E-state index contributed by atoms with van der Waals surface area (Å²) in [5.41, 5.74) is -0.569. The molecule has 5 heteroatoms. The van der Waals surface area contributed by atoms with Gasteiger partial charge in [0.25, 0.3) is 0 Å². The summed E-state index contributed by atoms with van der Waals surface area (Å²) < 4.78 is 0. The Labute approximate surface area is 80.3 Å². The number of hydrogen-bond acceptors (Lipinski definition) is 0. The van der Waals surface area contributed by atoms with Gasteiger partial charge < -0.3 is 0 Å². The van der Waals surface area contributed by atoms with Crippen molar-refractivity contribution in [3.63, 3.8) is 0 Å². The molecule has 0 aliphatic heterocycles. The molecule has 0 N–H and O–H groups in total. The quantitative estimate of drug-likeness (QED) is 0.327. The van der Waals surface area contributed by atoms with Crippen LogP contribution in [0.2, 0.25) is 0 Å². The first-order valence-corrected chi connectivity index (χ1v) is 22.8. The molecule has 0 aliphatic carbocycles. The van der Waals surface area contributed by atoms with Crippen molar-refractivity contribution < 1.29 is 0 Å². The van der Waals surface area contributed by atoms with Crippen molar-refractivity contribution >= 4 is 82.5 Å². The van der Waals surface area contributed by atoms with Gasteiger partial charge in [-0.2, -0.15) is 0 Å². The second-order valence-corrected chi connectivity index (χ2v) is 57.9. The zero-order chi connectivity index (χ0) is 3.58. The van der Waals surface area contributed by atoms with Crippen LogP contribution in [0, 0.1) is 0 Å². The average Bonchev–Trinajstić information content (AvgIpc) is 0.811. The summed E-state index contributed by atoms with van der Waals surface area (Å²) in [6.45, 7) is 0. The maximum atomic E-state index is 2.50. The molecule has 0 fully saturated rings. The van der Waals surface area contributed by atoms with E-state index in [0.717, 1.165) is 0 Å². The van der Waals surface area contributed by atoms with E-state index >= 15 is 0 Å². The van der Waals surface area contributed by atoms with E-state index in [1.165, 1.54) is 0 Å². The molecule has 0 amide bonds. The van der Waals surface area contributed by atoms with Crippen LogP contribution >= 0.6 is 59.0 Å². The summed E-state index contributed by atoms with van der Waals surface area (Å²) >= 11 is 7.51. The van der Waals surface area contributed by atoms with Crippen molar-refractivity contribution in [1.29, 1.82) is 0 Å². The first-order chi connectivity index (χ1) is 1.73. The third-order valence-corrected chi connectivity index (χ3v) is 0. The SMILES string of the molecule is [AsH3].[I][Ga]([I])[I]. The van der Waals surface area contributed by atoms with Gasteiger partial charge in [0, 0.05) is 0 Å². The van der Waals surface area contributed by atoms with Gasteiger partial charge in [0.2, 0.25) is 0 Å². The van der Waals surface area contributed by atoms with Crippen molar-refractivity contribution in [1.82, 2.24) is 0 Å². The van der Waals surface area contributed by atoms with Crippen molar-refractivity contribution in [3.05, 3.63) is 0 Å². The summed E-state index contributed by atoms with van der Waals surface area (Å²) in [4.78, 5) is 0. The zero-order valence-electron chi connectivity index (χ0n) is 2.42. The van der Waals surface area contributed by atoms with E-state index in [-0.39, 0.29) is 18.0 Å². The number of halogens is 3. The van der Waals surface area contributed by atoms with Gasteiger partial charge in [-0.1, -0.05) is 0 Å². The monoisotopic (exact) mass is 528 g/mol. The predicted octanol–water partition coefficient (Wildman–Crippen LogP) is 1.09. The minimum atomic E-state index is -0.569. The summed E-state index contributed by atoms with van der Waals surface area (Å²) in [7, 11) is 0. The van der Waals surface area contributed by atoms with Crippen LogP contribution in [0.25, 0.3) is 0 Å². The van der Waals surface area contributed by atoms with Gasteiger partial charge >= 0.3 is 82.5 Å². The third-order valence-electron chi connectivity index (χ3n) is 0. The second kappa shape index (κ2) is 7.38. The Morgan fingerprint density at radius 1 is 1.00 bits per heavy atom. The molecule has 0 heterocycles. The van der Waals surface area contributed by atoms with Crippen LogP contribution in [0.15, 0.2) is 0 Å². The fourth-order valence-electron chi connectivity index (χ4n) is 0. The zero-order valence-corrected chi connectivity index (χ0v) is 14.3. The topological polar surface area (TPSA) is 0 Å². The molecule has 0 aromatic rings. The third kappa shape index (κ3) is 18.7. The molecule has 5 heavy (non-hydrogen) atoms. The fourth-order valence-corrected chi connectivity index (χ4v) is 0. The van der Waals surface area contributed by atoms with E-state index in [4.69, 9.17) is 0 Å². The van der Waals surface area contributed by atoms with Crippen molar-refractivity contribution in [2.24, 2.45) is 0 Å². The Morgan fingerprint density at radius 2 is 1.00 bits per heavy atom. The van der Waals surface area contributed by atoms with E-state index in [2.05, 4.69) is 59.0 Å². The first-order valence-electron chi connectivity index (χ1n) is 0.655.